The molecule has 5 aromatic rings. The Labute approximate surface area is 335 Å². The number of benzene rings is 1. The molecule has 4 N–H and O–H groups in total. The van der Waals surface area contributed by atoms with Gasteiger partial charge in [-0.25, -0.2) is 24.5 Å². The predicted molar refractivity (Wildman–Crippen MR) is 214 cm³/mol. The summed E-state index contributed by atoms with van der Waals surface area (Å²) in [5.41, 5.74) is 5.93. The minimum atomic E-state index is -0.708. The van der Waals surface area contributed by atoms with Gasteiger partial charge in [-0.15, -0.1) is 0 Å². The Hall–Kier alpha value is -6.39. The first-order valence-electron chi connectivity index (χ1n) is 19.6. The SMILES string of the molecule is COC(=O)N[C@H](C(=O)N1CCC[C@H]1c1ncc(-c2ccc(-c3cnc4cc(-c5cnc([C@@H]6CCCN6C(=O)[C@@H](NC(=O)OC)C(C)C)[nH]5)ccc4n3)nc2)[nH]1)C(C)C. The quantitative estimate of drug-likeness (QED) is 0.130. The summed E-state index contributed by atoms with van der Waals surface area (Å²) in [6.07, 6.45) is 8.83. The van der Waals surface area contributed by atoms with Crippen LogP contribution in [0.3, 0.4) is 0 Å². The molecule has 0 unspecified atom stereocenters. The molecule has 17 heteroatoms. The normalized spacial score (nSPS) is 17.8. The molecule has 2 aliphatic heterocycles. The molecule has 17 nitrogen and oxygen atoms in total. The zero-order valence-electron chi connectivity index (χ0n) is 33.5. The molecule has 0 saturated carbocycles. The number of carbonyl (C=O) groups excluding carboxylic acids is 4. The number of fused-ring (bicyclic) bond motifs is 1. The van der Waals surface area contributed by atoms with Gasteiger partial charge in [0.15, 0.2) is 0 Å². The topological polar surface area (TPSA) is 213 Å². The molecule has 4 atom stereocenters. The van der Waals surface area contributed by atoms with E-state index >= 15 is 0 Å². The predicted octanol–water partition coefficient (Wildman–Crippen LogP) is 5.56. The molecule has 4 aromatic heterocycles. The van der Waals surface area contributed by atoms with Gasteiger partial charge in [-0.05, 0) is 61.8 Å². The maximum absolute atomic E-state index is 13.6. The Morgan fingerprint density at radius 2 is 1.19 bits per heavy atom. The fraction of sp³-hybridized carbons (Fsp3) is 0.439. The number of aromatic nitrogens is 7. The van der Waals surface area contributed by atoms with Gasteiger partial charge in [0.05, 0.1) is 73.0 Å². The lowest BCUT2D eigenvalue weighted by atomic mass is 10.0. The van der Waals surface area contributed by atoms with Crippen molar-refractivity contribution in [3.05, 3.63) is 66.8 Å². The molecule has 0 spiro atoms. The number of methoxy groups -OCH3 is 2. The van der Waals surface area contributed by atoms with Crippen LogP contribution in [0.2, 0.25) is 0 Å². The minimum absolute atomic E-state index is 0.122. The number of carbonyl (C=O) groups is 4. The lowest BCUT2D eigenvalue weighted by molar-refractivity contribution is -0.136. The fourth-order valence-corrected chi connectivity index (χ4v) is 7.70. The largest absolute Gasteiger partial charge is 0.453 e. The third-order valence-electron chi connectivity index (χ3n) is 10.9. The third-order valence-corrected chi connectivity index (χ3v) is 10.9. The molecule has 1 aromatic carbocycles. The van der Waals surface area contributed by atoms with E-state index < -0.39 is 24.3 Å². The van der Waals surface area contributed by atoms with Crippen LogP contribution in [-0.4, -0.2) is 108 Å². The van der Waals surface area contributed by atoms with Crippen molar-refractivity contribution in [1.29, 1.82) is 0 Å². The summed E-state index contributed by atoms with van der Waals surface area (Å²) in [4.78, 5) is 84.9. The number of nitrogens with one attached hydrogen (secondary N) is 4. The smallest absolute Gasteiger partial charge is 0.407 e. The highest BCUT2D eigenvalue weighted by molar-refractivity contribution is 5.87. The number of ether oxygens (including phenoxy) is 2. The van der Waals surface area contributed by atoms with Crippen molar-refractivity contribution in [2.75, 3.05) is 27.3 Å². The van der Waals surface area contributed by atoms with E-state index in [4.69, 9.17) is 19.4 Å². The third kappa shape index (κ3) is 8.19. The number of amides is 4. The summed E-state index contributed by atoms with van der Waals surface area (Å²) in [5.74, 6) is 0.795. The molecular formula is C41H49N11O6. The molecule has 0 radical (unpaired) electrons. The first kappa shape index (κ1) is 39.8. The van der Waals surface area contributed by atoms with Crippen LogP contribution >= 0.6 is 0 Å². The zero-order chi connectivity index (χ0) is 41.1. The van der Waals surface area contributed by atoms with Gasteiger partial charge >= 0.3 is 12.2 Å². The fourth-order valence-electron chi connectivity index (χ4n) is 7.70. The summed E-state index contributed by atoms with van der Waals surface area (Å²) in [6, 6.07) is 7.73. The van der Waals surface area contributed by atoms with Crippen molar-refractivity contribution < 1.29 is 28.7 Å². The van der Waals surface area contributed by atoms with Gasteiger partial charge in [-0.3, -0.25) is 19.6 Å². The maximum atomic E-state index is 13.6. The van der Waals surface area contributed by atoms with Crippen LogP contribution < -0.4 is 10.6 Å². The molecule has 0 bridgehead atoms. The van der Waals surface area contributed by atoms with Crippen molar-refractivity contribution in [2.45, 2.75) is 77.5 Å². The standard InChI is InChI=1S/C41H49N11O6/c1-22(2)34(49-40(55)57-5)38(53)51-15-7-9-32(51)36-44-19-29(47-36)24-11-14-27-28(17-24)43-21-31(46-27)26-13-12-25(18-42-26)30-20-45-37(48-30)33-10-8-16-52(33)39(54)35(23(3)4)50-41(56)58-6/h11-14,17-23,32-35H,7-10,15-16H2,1-6H3,(H,44,47)(H,45,48)(H,49,55)(H,50,56)/t32-,33-,34-,35-/m0/s1. The highest BCUT2D eigenvalue weighted by Crippen LogP contribution is 2.35. The Morgan fingerprint density at radius 3 is 1.69 bits per heavy atom. The number of imidazole rings is 2. The van der Waals surface area contributed by atoms with Gasteiger partial charge in [0.1, 0.15) is 29.4 Å². The van der Waals surface area contributed by atoms with Crippen LogP contribution in [0.1, 0.15) is 77.1 Å². The number of pyridine rings is 1. The van der Waals surface area contributed by atoms with Crippen molar-refractivity contribution in [2.24, 2.45) is 11.8 Å². The van der Waals surface area contributed by atoms with Gasteiger partial charge < -0.3 is 39.9 Å². The first-order chi connectivity index (χ1) is 27.9. The van der Waals surface area contributed by atoms with Gasteiger partial charge in [-0.2, -0.15) is 0 Å². The highest BCUT2D eigenvalue weighted by Gasteiger charge is 2.39. The summed E-state index contributed by atoms with van der Waals surface area (Å²) in [7, 11) is 2.56. The van der Waals surface area contributed by atoms with Crippen LogP contribution in [0.5, 0.6) is 0 Å². The lowest BCUT2D eigenvalue weighted by Gasteiger charge is -2.30. The van der Waals surface area contributed by atoms with E-state index in [1.54, 1.807) is 34.6 Å². The van der Waals surface area contributed by atoms with Crippen LogP contribution in [0.4, 0.5) is 9.59 Å². The van der Waals surface area contributed by atoms with Crippen LogP contribution in [0.15, 0.2) is 55.1 Å². The number of hydrogen-bond donors (Lipinski definition) is 4. The van der Waals surface area contributed by atoms with Crippen molar-refractivity contribution >= 4 is 35.0 Å². The second-order valence-electron chi connectivity index (χ2n) is 15.3. The zero-order valence-corrected chi connectivity index (χ0v) is 33.5. The van der Waals surface area contributed by atoms with E-state index in [1.165, 1.54) is 14.2 Å². The molecule has 2 fully saturated rings. The summed E-state index contributed by atoms with van der Waals surface area (Å²) >= 11 is 0. The first-order valence-corrected chi connectivity index (χ1v) is 19.6. The lowest BCUT2D eigenvalue weighted by Crippen LogP contribution is -2.51. The van der Waals surface area contributed by atoms with E-state index in [9.17, 15) is 19.2 Å². The Bertz CT molecular complexity index is 2290. The van der Waals surface area contributed by atoms with Crippen molar-refractivity contribution in [3.63, 3.8) is 0 Å². The second-order valence-corrected chi connectivity index (χ2v) is 15.3. The molecule has 7 rings (SSSR count). The monoisotopic (exact) mass is 791 g/mol. The summed E-state index contributed by atoms with van der Waals surface area (Å²) in [5, 5.41) is 5.37. The van der Waals surface area contributed by atoms with Gasteiger partial charge in [0, 0.05) is 30.4 Å². The van der Waals surface area contributed by atoms with Crippen LogP contribution in [-0.2, 0) is 19.1 Å². The number of likely N-dealkylation sites (tertiary alicyclic amines) is 2. The Balaban J connectivity index is 1.02. The number of alkyl carbamates (subject to hydrolysis) is 2. The van der Waals surface area contributed by atoms with E-state index in [0.29, 0.717) is 47.2 Å². The van der Waals surface area contributed by atoms with Gasteiger partial charge in [0.2, 0.25) is 11.8 Å². The van der Waals surface area contributed by atoms with Gasteiger partial charge in [-0.1, -0.05) is 33.8 Å². The number of aromatic amines is 2. The number of hydrogen-bond acceptors (Lipinski definition) is 11. The summed E-state index contributed by atoms with van der Waals surface area (Å²) < 4.78 is 9.50. The average Bonchev–Trinajstić information content (AvgIpc) is 4.07. The van der Waals surface area contributed by atoms with E-state index in [1.807, 2.05) is 58.0 Å². The van der Waals surface area contributed by atoms with E-state index in [2.05, 4.69) is 35.6 Å². The van der Waals surface area contributed by atoms with Gasteiger partial charge in [0.25, 0.3) is 0 Å². The summed E-state index contributed by atoms with van der Waals surface area (Å²) in [6.45, 7) is 8.70. The minimum Gasteiger partial charge on any atom is -0.453 e. The van der Waals surface area contributed by atoms with Crippen molar-refractivity contribution in [3.8, 4) is 33.9 Å². The van der Waals surface area contributed by atoms with Crippen LogP contribution in [0, 0.1) is 11.8 Å². The van der Waals surface area contributed by atoms with E-state index in [-0.39, 0.29) is 35.7 Å². The molecule has 58 heavy (non-hydrogen) atoms. The average molecular weight is 792 g/mol. The van der Waals surface area contributed by atoms with Crippen molar-refractivity contribution in [1.82, 2.24) is 55.3 Å². The molecule has 4 amide bonds. The molecule has 0 aliphatic carbocycles. The number of rotatable bonds is 11. The van der Waals surface area contributed by atoms with Crippen LogP contribution in [0.25, 0.3) is 44.9 Å². The number of H-pyrrole nitrogens is 2. The Morgan fingerprint density at radius 1 is 0.655 bits per heavy atom. The highest BCUT2D eigenvalue weighted by atomic mass is 16.5. The Kier molecular flexibility index (Phi) is 11.7. The molecule has 2 saturated heterocycles. The number of nitrogens with zero attached hydrogens (tertiary/aromatic N) is 7. The maximum Gasteiger partial charge on any atom is 0.407 e. The molecule has 2 aliphatic rings. The molecule has 6 heterocycles. The molecular weight excluding hydrogens is 743 g/mol. The van der Waals surface area contributed by atoms with E-state index in [0.717, 1.165) is 48.2 Å². The second kappa shape index (κ2) is 17.0. The molecule has 304 valence electrons.